The number of thioether (sulfide) groups is 1. The van der Waals surface area contributed by atoms with Crippen LogP contribution in [0, 0.1) is 0 Å². The summed E-state index contributed by atoms with van der Waals surface area (Å²) in [7, 11) is 0. The van der Waals surface area contributed by atoms with Crippen molar-refractivity contribution < 1.29 is 4.57 Å². The van der Waals surface area contributed by atoms with E-state index in [1.807, 2.05) is 11.8 Å². The molecule has 13 heavy (non-hydrogen) atoms. The van der Waals surface area contributed by atoms with E-state index in [1.54, 1.807) is 0 Å². The molecule has 0 radical (unpaired) electrons. The largest absolute Gasteiger partial charge is 0.248 e. The summed E-state index contributed by atoms with van der Waals surface area (Å²) in [6.07, 6.45) is 2.19. The molecule has 0 aliphatic carbocycles. The number of aromatic nitrogens is 1. The van der Waals surface area contributed by atoms with Gasteiger partial charge in [-0.05, 0) is 23.2 Å². The Labute approximate surface area is 81.4 Å². The van der Waals surface area contributed by atoms with Crippen molar-refractivity contribution in [1.82, 2.24) is 0 Å². The van der Waals surface area contributed by atoms with Gasteiger partial charge >= 0.3 is 0 Å². The summed E-state index contributed by atoms with van der Waals surface area (Å²) in [5, 5.41) is 4.17. The van der Waals surface area contributed by atoms with Gasteiger partial charge in [0.05, 0.1) is 11.1 Å². The first-order chi connectivity index (χ1) is 6.45. The minimum absolute atomic E-state index is 1.16. The first kappa shape index (κ1) is 7.39. The monoisotopic (exact) mass is 188 g/mol. The van der Waals surface area contributed by atoms with Gasteiger partial charge in [0.1, 0.15) is 0 Å². The fourth-order valence-corrected chi connectivity index (χ4v) is 2.95. The molecular weight excluding hydrogens is 178 g/mol. The van der Waals surface area contributed by atoms with Crippen LogP contribution in [-0.2, 0) is 6.54 Å². The highest BCUT2D eigenvalue weighted by Crippen LogP contribution is 2.27. The minimum Gasteiger partial charge on any atom is -0.192 e. The molecule has 1 aliphatic rings. The van der Waals surface area contributed by atoms with Crippen LogP contribution >= 0.6 is 11.8 Å². The Morgan fingerprint density at radius 2 is 2.08 bits per heavy atom. The predicted octanol–water partition coefficient (Wildman–Crippen LogP) is 2.23. The quantitative estimate of drug-likeness (QED) is 0.573. The zero-order valence-electron chi connectivity index (χ0n) is 7.23. The van der Waals surface area contributed by atoms with Crippen molar-refractivity contribution >= 4 is 22.5 Å². The van der Waals surface area contributed by atoms with Gasteiger partial charge in [0.2, 0.25) is 5.03 Å². The van der Waals surface area contributed by atoms with E-state index in [4.69, 9.17) is 0 Å². The number of rotatable bonds is 0. The van der Waals surface area contributed by atoms with Crippen LogP contribution in [0.15, 0.2) is 41.6 Å². The van der Waals surface area contributed by atoms with Crippen LogP contribution in [0.5, 0.6) is 0 Å². The van der Waals surface area contributed by atoms with Crippen molar-refractivity contribution in [2.75, 3.05) is 5.75 Å². The molecule has 64 valence electrons. The SMILES string of the molecule is c1ccc2c3[n+](ccc2c1)CCS3. The molecule has 0 atom stereocenters. The number of nitrogens with zero attached hydrogens (tertiary/aromatic N) is 1. The summed E-state index contributed by atoms with van der Waals surface area (Å²) in [5.41, 5.74) is 0. The van der Waals surface area contributed by atoms with Crippen molar-refractivity contribution in [3.8, 4) is 0 Å². The number of hydrogen-bond donors (Lipinski definition) is 0. The molecule has 0 saturated heterocycles. The normalized spacial score (nSPS) is 14.8. The first-order valence-corrected chi connectivity index (χ1v) is 5.48. The van der Waals surface area contributed by atoms with Gasteiger partial charge in [-0.1, -0.05) is 18.2 Å². The Morgan fingerprint density at radius 3 is 3.08 bits per heavy atom. The lowest BCUT2D eigenvalue weighted by Gasteiger charge is -1.97. The van der Waals surface area contributed by atoms with Crippen LogP contribution < -0.4 is 4.57 Å². The molecule has 1 aromatic heterocycles. The van der Waals surface area contributed by atoms with Gasteiger partial charge in [0.25, 0.3) is 0 Å². The third-order valence-electron chi connectivity index (χ3n) is 2.46. The van der Waals surface area contributed by atoms with E-state index in [9.17, 15) is 0 Å². The molecule has 1 aliphatic heterocycles. The topological polar surface area (TPSA) is 3.88 Å². The van der Waals surface area contributed by atoms with E-state index < -0.39 is 0 Å². The number of fused-ring (bicyclic) bond motifs is 3. The third-order valence-corrected chi connectivity index (χ3v) is 3.57. The summed E-state index contributed by atoms with van der Waals surface area (Å²) >= 11 is 1.96. The summed E-state index contributed by atoms with van der Waals surface area (Å²) < 4.78 is 2.34. The van der Waals surface area contributed by atoms with Crippen molar-refractivity contribution in [3.63, 3.8) is 0 Å². The Balaban J connectivity index is 2.43. The maximum absolute atomic E-state index is 2.34. The molecule has 1 aromatic carbocycles. The summed E-state index contributed by atoms with van der Waals surface area (Å²) in [6, 6.07) is 10.8. The molecule has 0 fully saturated rings. The molecule has 0 bridgehead atoms. The highest BCUT2D eigenvalue weighted by molar-refractivity contribution is 7.99. The van der Waals surface area contributed by atoms with Crippen molar-refractivity contribution in [1.29, 1.82) is 0 Å². The highest BCUT2D eigenvalue weighted by Gasteiger charge is 2.21. The molecule has 0 saturated carbocycles. The standard InChI is InChI=1S/C11H10NS/c1-2-4-10-9(3-1)5-6-12-7-8-13-11(10)12/h1-6H,7-8H2/q+1. The summed E-state index contributed by atoms with van der Waals surface area (Å²) in [6.45, 7) is 1.16. The van der Waals surface area contributed by atoms with Crippen LogP contribution in [0.3, 0.4) is 0 Å². The molecule has 0 N–H and O–H groups in total. The Hall–Kier alpha value is -1.02. The smallest absolute Gasteiger partial charge is 0.192 e. The van der Waals surface area contributed by atoms with E-state index in [2.05, 4.69) is 41.1 Å². The predicted molar refractivity (Wildman–Crippen MR) is 54.9 cm³/mol. The number of hydrogen-bond acceptors (Lipinski definition) is 1. The molecule has 1 nitrogen and oxygen atoms in total. The minimum atomic E-state index is 1.16. The maximum Gasteiger partial charge on any atom is 0.248 e. The van der Waals surface area contributed by atoms with Gasteiger partial charge in [-0.25, -0.2) is 0 Å². The van der Waals surface area contributed by atoms with E-state index in [1.165, 1.54) is 21.6 Å². The molecule has 3 rings (SSSR count). The van der Waals surface area contributed by atoms with Gasteiger partial charge in [0.15, 0.2) is 12.7 Å². The number of aryl methyl sites for hydroxylation is 1. The Bertz CT molecular complexity index is 465. The van der Waals surface area contributed by atoms with Gasteiger partial charge in [-0.15, -0.1) is 0 Å². The lowest BCUT2D eigenvalue weighted by molar-refractivity contribution is -0.721. The van der Waals surface area contributed by atoms with Gasteiger partial charge < -0.3 is 0 Å². The van der Waals surface area contributed by atoms with Crippen LogP contribution in [0.2, 0.25) is 0 Å². The fourth-order valence-electron chi connectivity index (χ4n) is 1.81. The third kappa shape index (κ3) is 1.05. The van der Waals surface area contributed by atoms with Crippen LogP contribution in [0.4, 0.5) is 0 Å². The molecule has 0 spiro atoms. The summed E-state index contributed by atoms with van der Waals surface area (Å²) in [4.78, 5) is 0. The van der Waals surface area contributed by atoms with Gasteiger partial charge in [-0.2, -0.15) is 4.57 Å². The van der Waals surface area contributed by atoms with Crippen molar-refractivity contribution in [3.05, 3.63) is 36.5 Å². The van der Waals surface area contributed by atoms with Gasteiger partial charge in [0, 0.05) is 6.07 Å². The van der Waals surface area contributed by atoms with Crippen LogP contribution in [-0.4, -0.2) is 5.75 Å². The van der Waals surface area contributed by atoms with E-state index in [0.717, 1.165) is 6.54 Å². The molecular formula is C11H10NS+. The van der Waals surface area contributed by atoms with Crippen LogP contribution in [0.25, 0.3) is 10.8 Å². The molecule has 2 heterocycles. The summed E-state index contributed by atoms with van der Waals surface area (Å²) in [5.74, 6) is 1.22. The second kappa shape index (κ2) is 2.74. The molecule has 0 unspecified atom stereocenters. The lowest BCUT2D eigenvalue weighted by atomic mass is 10.2. The Morgan fingerprint density at radius 1 is 1.15 bits per heavy atom. The number of pyridine rings is 1. The highest BCUT2D eigenvalue weighted by atomic mass is 32.2. The van der Waals surface area contributed by atoms with Crippen LogP contribution in [0.1, 0.15) is 0 Å². The first-order valence-electron chi connectivity index (χ1n) is 4.49. The number of benzene rings is 1. The fraction of sp³-hybridized carbons (Fsp3) is 0.182. The lowest BCUT2D eigenvalue weighted by Crippen LogP contribution is -2.31. The molecule has 2 aromatic rings. The van der Waals surface area contributed by atoms with Crippen molar-refractivity contribution in [2.45, 2.75) is 11.6 Å². The maximum atomic E-state index is 2.34. The van der Waals surface area contributed by atoms with Gasteiger partial charge in [-0.3, -0.25) is 0 Å². The van der Waals surface area contributed by atoms with Crippen molar-refractivity contribution in [2.24, 2.45) is 0 Å². The van der Waals surface area contributed by atoms with E-state index in [0.29, 0.717) is 0 Å². The van der Waals surface area contributed by atoms with E-state index >= 15 is 0 Å². The second-order valence-electron chi connectivity index (χ2n) is 3.25. The molecule has 0 amide bonds. The van der Waals surface area contributed by atoms with E-state index in [-0.39, 0.29) is 0 Å². The second-order valence-corrected chi connectivity index (χ2v) is 4.33. The molecule has 2 heteroatoms. The average molecular weight is 188 g/mol. The Kier molecular flexibility index (Phi) is 1.56. The zero-order valence-corrected chi connectivity index (χ0v) is 8.05. The zero-order chi connectivity index (χ0) is 8.67. The average Bonchev–Trinajstić information content (AvgIpc) is 2.65.